The number of pyridine rings is 1. The van der Waals surface area contributed by atoms with E-state index in [0.29, 0.717) is 37.8 Å². The Morgan fingerprint density at radius 2 is 2.16 bits per heavy atom. The number of hydrogen-bond acceptors (Lipinski definition) is 6. The molecule has 0 amide bonds. The van der Waals surface area contributed by atoms with Crippen LogP contribution in [-0.4, -0.2) is 73.1 Å². The summed E-state index contributed by atoms with van der Waals surface area (Å²) in [5, 5.41) is 12.9. The van der Waals surface area contributed by atoms with E-state index < -0.39 is 0 Å². The second-order valence-electron chi connectivity index (χ2n) is 6.43. The first-order valence-electron chi connectivity index (χ1n) is 8.43. The number of aromatic amines is 1. The molecule has 0 aromatic carbocycles. The molecule has 128 valence electrons. The molecule has 0 aliphatic carbocycles. The minimum atomic E-state index is 0.123. The van der Waals surface area contributed by atoms with Gasteiger partial charge in [-0.2, -0.15) is 0 Å². The standard InChI is InChI=1S/C16H19N6O2.Tl/c1-9(2)14-18-15(22-21-14)13-12-11(19-20-13)3-6-17-16(12)24-10-4-7-23-8-5-10;/h3,6,9-10H,4-5,7-8H2,1-2H3,(H-,18,19,20,21,22);/q-1;+1. The van der Waals surface area contributed by atoms with Gasteiger partial charge in [-0.15, -0.1) is 0 Å². The molecule has 3 aromatic heterocycles. The molecule has 0 saturated carbocycles. The summed E-state index contributed by atoms with van der Waals surface area (Å²) in [7, 11) is 0. The van der Waals surface area contributed by atoms with Crippen LogP contribution >= 0.6 is 0 Å². The Hall–Kier alpha value is -1.56. The van der Waals surface area contributed by atoms with E-state index in [9.17, 15) is 0 Å². The average molecular weight is 532 g/mol. The van der Waals surface area contributed by atoms with Crippen LogP contribution in [0.25, 0.3) is 22.4 Å². The van der Waals surface area contributed by atoms with Gasteiger partial charge in [-0.3, -0.25) is 0 Å². The fourth-order valence-corrected chi connectivity index (χ4v) is 4.18. The monoisotopic (exact) mass is 532 g/mol. The van der Waals surface area contributed by atoms with Gasteiger partial charge >= 0.3 is 162 Å². The van der Waals surface area contributed by atoms with E-state index in [1.807, 2.05) is 8.56 Å². The van der Waals surface area contributed by atoms with Crippen LogP contribution in [0.2, 0.25) is 0 Å². The second kappa shape index (κ2) is 6.98. The van der Waals surface area contributed by atoms with Gasteiger partial charge < -0.3 is 0 Å². The van der Waals surface area contributed by atoms with Crippen molar-refractivity contribution in [1.82, 2.24) is 27.8 Å². The van der Waals surface area contributed by atoms with Crippen molar-refractivity contribution in [2.75, 3.05) is 13.2 Å². The van der Waals surface area contributed by atoms with Crippen molar-refractivity contribution in [3.63, 3.8) is 0 Å². The van der Waals surface area contributed by atoms with Crippen LogP contribution in [-0.2, 0) is 4.74 Å². The van der Waals surface area contributed by atoms with Gasteiger partial charge in [-0.25, -0.2) is 0 Å². The normalized spacial score (nSPS) is 15.9. The number of H-pyrrole nitrogens is 1. The molecule has 25 heavy (non-hydrogen) atoms. The van der Waals surface area contributed by atoms with Gasteiger partial charge in [0.15, 0.2) is 0 Å². The Bertz CT molecular complexity index is 884. The zero-order chi connectivity index (χ0) is 17.4. The van der Waals surface area contributed by atoms with Gasteiger partial charge in [0.1, 0.15) is 0 Å². The number of ether oxygens (including phenoxy) is 2. The van der Waals surface area contributed by atoms with Crippen molar-refractivity contribution in [1.29, 1.82) is 0 Å². The molecule has 1 N–H and O–H groups in total. The number of fused-ring (bicyclic) bond motifs is 1. The molecule has 1 aliphatic heterocycles. The van der Waals surface area contributed by atoms with Crippen molar-refractivity contribution < 1.29 is 9.47 Å². The Labute approximate surface area is 161 Å². The maximum atomic E-state index is 6.21. The summed E-state index contributed by atoms with van der Waals surface area (Å²) in [5.74, 6) is 2.34. The van der Waals surface area contributed by atoms with Crippen molar-refractivity contribution >= 4 is 37.0 Å². The molecule has 8 nitrogen and oxygen atoms in total. The number of nitrogens with zero attached hydrogens (tertiary/aromatic N) is 5. The quantitative estimate of drug-likeness (QED) is 0.517. The van der Waals surface area contributed by atoms with Crippen LogP contribution in [0.1, 0.15) is 38.4 Å². The summed E-state index contributed by atoms with van der Waals surface area (Å²) in [6.07, 6.45) is 3.65. The van der Waals surface area contributed by atoms with E-state index in [-0.39, 0.29) is 12.0 Å². The molecule has 4 rings (SSSR count). The van der Waals surface area contributed by atoms with Crippen LogP contribution < -0.4 is 4.74 Å². The van der Waals surface area contributed by atoms with Gasteiger partial charge in [0.2, 0.25) is 0 Å². The van der Waals surface area contributed by atoms with Gasteiger partial charge in [0, 0.05) is 0 Å². The van der Waals surface area contributed by atoms with Gasteiger partial charge in [-0.1, -0.05) is 0 Å². The van der Waals surface area contributed by atoms with Crippen LogP contribution in [0.5, 0.6) is 5.88 Å². The molecule has 9 heteroatoms. The van der Waals surface area contributed by atoms with Gasteiger partial charge in [0.25, 0.3) is 0 Å². The van der Waals surface area contributed by atoms with Gasteiger partial charge in [-0.05, 0) is 0 Å². The van der Waals surface area contributed by atoms with Crippen molar-refractivity contribution in [3.05, 3.63) is 18.1 Å². The van der Waals surface area contributed by atoms with Crippen LogP contribution in [0.4, 0.5) is 0 Å². The number of nitrogens with one attached hydrogen (secondary N) is 1. The molecule has 0 spiro atoms. The minimum absolute atomic E-state index is 0.123. The summed E-state index contributed by atoms with van der Waals surface area (Å²) >= 11 is 0.531. The SMILES string of the molecule is CC(C)c1nc(-c2n[n]([Tl])c3ccnc(OC4CCOCC4)c23)n[nH]1. The fourth-order valence-electron chi connectivity index (χ4n) is 2.89. The summed E-state index contributed by atoms with van der Waals surface area (Å²) < 4.78 is 13.6. The Kier molecular flexibility index (Phi) is 4.72. The third-order valence-corrected chi connectivity index (χ3v) is 5.82. The molecule has 0 unspecified atom stereocenters. The summed E-state index contributed by atoms with van der Waals surface area (Å²) in [6, 6.07) is 1.97. The molecule has 0 radical (unpaired) electrons. The van der Waals surface area contributed by atoms with Crippen molar-refractivity contribution in [2.45, 2.75) is 38.7 Å². The predicted molar refractivity (Wildman–Crippen MR) is 92.6 cm³/mol. The molecule has 1 aliphatic rings. The molecule has 4 heterocycles. The zero-order valence-corrected chi connectivity index (χ0v) is 18.8. The second-order valence-corrected chi connectivity index (χ2v) is 8.33. The first-order valence-corrected chi connectivity index (χ1v) is 10.4. The summed E-state index contributed by atoms with van der Waals surface area (Å²) in [5.41, 5.74) is 1.75. The van der Waals surface area contributed by atoms with E-state index >= 15 is 0 Å². The van der Waals surface area contributed by atoms with Crippen LogP contribution in [0.3, 0.4) is 0 Å². The van der Waals surface area contributed by atoms with Gasteiger partial charge in [0.05, 0.1) is 0 Å². The van der Waals surface area contributed by atoms with Crippen molar-refractivity contribution in [2.24, 2.45) is 0 Å². The molecule has 3 aromatic rings. The molecule has 0 atom stereocenters. The third kappa shape index (κ3) is 3.28. The number of aromatic nitrogens is 6. The van der Waals surface area contributed by atoms with E-state index in [1.165, 1.54) is 0 Å². The molecule has 1 saturated heterocycles. The average Bonchev–Trinajstić information content (AvgIpc) is 3.22. The van der Waals surface area contributed by atoms with E-state index in [4.69, 9.17) is 9.47 Å². The van der Waals surface area contributed by atoms with Crippen molar-refractivity contribution in [3.8, 4) is 17.4 Å². The Morgan fingerprint density at radius 1 is 1.36 bits per heavy atom. The first-order chi connectivity index (χ1) is 12.1. The Morgan fingerprint density at radius 3 is 2.88 bits per heavy atom. The molecular formula is C16H19N6O2Tl. The van der Waals surface area contributed by atoms with E-state index in [1.54, 1.807) is 6.20 Å². The summed E-state index contributed by atoms with van der Waals surface area (Å²) in [6.45, 7) is 5.62. The molecular weight excluding hydrogens is 513 g/mol. The predicted octanol–water partition coefficient (Wildman–Crippen LogP) is 1.83. The zero-order valence-electron chi connectivity index (χ0n) is 14.3. The fraction of sp³-hybridized carbons (Fsp3) is 0.500. The van der Waals surface area contributed by atoms with Crippen LogP contribution in [0.15, 0.2) is 12.3 Å². The maximum absolute atomic E-state index is 6.21. The van der Waals surface area contributed by atoms with E-state index in [0.717, 1.165) is 48.5 Å². The van der Waals surface area contributed by atoms with E-state index in [2.05, 4.69) is 39.1 Å². The topological polar surface area (TPSA) is 90.7 Å². The molecule has 1 fully saturated rings. The first kappa shape index (κ1) is 16.9. The summed E-state index contributed by atoms with van der Waals surface area (Å²) in [4.78, 5) is 9.08. The Balaban J connectivity index is 1.78. The number of hydrogen-bond donors (Lipinski definition) is 1. The van der Waals surface area contributed by atoms with Crippen LogP contribution in [0, 0.1) is 0 Å². The third-order valence-electron chi connectivity index (χ3n) is 4.29. The number of rotatable bonds is 4. The molecule has 0 bridgehead atoms.